The van der Waals surface area contributed by atoms with E-state index < -0.39 is 0 Å². The molecule has 0 saturated carbocycles. The van der Waals surface area contributed by atoms with Gasteiger partial charge in [0.15, 0.2) is 0 Å². The van der Waals surface area contributed by atoms with Crippen LogP contribution in [0, 0.1) is 0 Å². The van der Waals surface area contributed by atoms with E-state index in [-0.39, 0.29) is 11.7 Å². The highest BCUT2D eigenvalue weighted by molar-refractivity contribution is 5.28. The van der Waals surface area contributed by atoms with Crippen LogP contribution in [0.1, 0.15) is 31.2 Å². The van der Waals surface area contributed by atoms with E-state index in [9.17, 15) is 5.11 Å². The maximum Gasteiger partial charge on any atom is 0.119 e. The molecule has 5 heteroatoms. The molecule has 5 nitrogen and oxygen atoms in total. The molecule has 1 aromatic rings. The summed E-state index contributed by atoms with van der Waals surface area (Å²) in [5, 5.41) is 10.4. The van der Waals surface area contributed by atoms with Crippen molar-refractivity contribution in [2.24, 2.45) is 0 Å². The number of benzene rings is 1. The van der Waals surface area contributed by atoms with Crippen LogP contribution in [0.5, 0.6) is 5.75 Å². The molecule has 2 aliphatic rings. The number of ether oxygens (including phenoxy) is 2. The van der Waals surface area contributed by atoms with Crippen molar-refractivity contribution >= 4 is 0 Å². The van der Waals surface area contributed by atoms with Crippen molar-refractivity contribution in [1.29, 1.82) is 0 Å². The zero-order chi connectivity index (χ0) is 17.7. The van der Waals surface area contributed by atoms with Gasteiger partial charge in [-0.05, 0) is 57.5 Å². The van der Waals surface area contributed by atoms with Gasteiger partial charge in [-0.2, -0.15) is 0 Å². The smallest absolute Gasteiger partial charge is 0.119 e. The number of hydrogen-bond acceptors (Lipinski definition) is 5. The van der Waals surface area contributed by atoms with Crippen LogP contribution in [0.15, 0.2) is 24.3 Å². The van der Waals surface area contributed by atoms with Crippen LogP contribution in [0.2, 0.25) is 0 Å². The van der Waals surface area contributed by atoms with Gasteiger partial charge >= 0.3 is 0 Å². The zero-order valence-corrected chi connectivity index (χ0v) is 15.6. The normalized spacial score (nSPS) is 23.9. The lowest BCUT2D eigenvalue weighted by atomic mass is 9.82. The lowest BCUT2D eigenvalue weighted by Gasteiger charge is -2.46. The molecule has 0 radical (unpaired) electrons. The van der Waals surface area contributed by atoms with Gasteiger partial charge in [0.1, 0.15) is 12.4 Å². The molecule has 0 aromatic heterocycles. The Labute approximate surface area is 151 Å². The highest BCUT2D eigenvalue weighted by atomic mass is 16.5. The molecule has 25 heavy (non-hydrogen) atoms. The van der Waals surface area contributed by atoms with Gasteiger partial charge in [-0.15, -0.1) is 0 Å². The molecular weight excluding hydrogens is 316 g/mol. The number of piperidine rings is 1. The Morgan fingerprint density at radius 1 is 1.32 bits per heavy atom. The fraction of sp³-hybridized carbons (Fsp3) is 0.700. The summed E-state index contributed by atoms with van der Waals surface area (Å²) in [5.41, 5.74) is 0.995. The van der Waals surface area contributed by atoms with Crippen molar-refractivity contribution in [3.8, 4) is 5.75 Å². The Kier molecular flexibility index (Phi) is 6.34. The minimum absolute atomic E-state index is 0.286. The van der Waals surface area contributed by atoms with Crippen LogP contribution in [-0.2, 0) is 11.3 Å². The van der Waals surface area contributed by atoms with Gasteiger partial charge in [-0.1, -0.05) is 12.1 Å². The van der Waals surface area contributed by atoms with Crippen LogP contribution >= 0.6 is 0 Å². The average molecular weight is 348 g/mol. The van der Waals surface area contributed by atoms with E-state index >= 15 is 0 Å². The molecule has 0 aliphatic carbocycles. The number of aliphatic hydroxyl groups excluding tert-OH is 1. The average Bonchev–Trinajstić information content (AvgIpc) is 2.60. The van der Waals surface area contributed by atoms with Gasteiger partial charge in [-0.25, -0.2) is 0 Å². The number of likely N-dealkylation sites (N-methyl/N-ethyl adjacent to an activating group) is 1. The van der Waals surface area contributed by atoms with Crippen molar-refractivity contribution in [1.82, 2.24) is 9.80 Å². The first-order valence-electron chi connectivity index (χ1n) is 9.48. The largest absolute Gasteiger partial charge is 0.492 e. The summed E-state index contributed by atoms with van der Waals surface area (Å²) >= 11 is 0. The van der Waals surface area contributed by atoms with E-state index in [0.717, 1.165) is 64.2 Å². The SMILES string of the molecule is CN(C)CCOc1cccc(CN2CCC3(CC2)OCCC[C@H]3O)c1. The summed E-state index contributed by atoms with van der Waals surface area (Å²) in [6.07, 6.45) is 3.41. The maximum atomic E-state index is 10.4. The van der Waals surface area contributed by atoms with Crippen LogP contribution in [0.25, 0.3) is 0 Å². The first-order chi connectivity index (χ1) is 12.1. The number of likely N-dealkylation sites (tertiary alicyclic amines) is 1. The summed E-state index contributed by atoms with van der Waals surface area (Å²) in [6.45, 7) is 5.30. The predicted molar refractivity (Wildman–Crippen MR) is 98.9 cm³/mol. The van der Waals surface area contributed by atoms with Gasteiger partial charge in [-0.3, -0.25) is 4.90 Å². The van der Waals surface area contributed by atoms with Crippen LogP contribution in [-0.4, -0.2) is 73.6 Å². The second-order valence-corrected chi connectivity index (χ2v) is 7.65. The molecule has 2 aliphatic heterocycles. The van der Waals surface area contributed by atoms with E-state index in [1.165, 1.54) is 5.56 Å². The lowest BCUT2D eigenvalue weighted by molar-refractivity contribution is -0.177. The number of nitrogens with zero attached hydrogens (tertiary/aromatic N) is 2. The van der Waals surface area contributed by atoms with Crippen molar-refractivity contribution in [3.05, 3.63) is 29.8 Å². The standard InChI is InChI=1S/C20H32N2O3/c1-21(2)12-14-24-18-6-3-5-17(15-18)16-22-10-8-20(9-11-22)19(23)7-4-13-25-20/h3,5-6,15,19,23H,4,7-14,16H2,1-2H3/t19-/m1/s1. The highest BCUT2D eigenvalue weighted by Gasteiger charge is 2.43. The van der Waals surface area contributed by atoms with E-state index in [1.54, 1.807) is 0 Å². The Hall–Kier alpha value is -1.14. The molecule has 1 aromatic carbocycles. The minimum Gasteiger partial charge on any atom is -0.492 e. The molecule has 0 bridgehead atoms. The summed E-state index contributed by atoms with van der Waals surface area (Å²) in [7, 11) is 4.10. The lowest BCUT2D eigenvalue weighted by Crippen LogP contribution is -2.55. The molecule has 2 fully saturated rings. The zero-order valence-electron chi connectivity index (χ0n) is 15.6. The summed E-state index contributed by atoms with van der Waals surface area (Å²) < 4.78 is 11.8. The maximum absolute atomic E-state index is 10.4. The molecule has 3 rings (SSSR count). The Morgan fingerprint density at radius 2 is 2.12 bits per heavy atom. The summed E-state index contributed by atoms with van der Waals surface area (Å²) in [6, 6.07) is 8.40. The van der Waals surface area contributed by atoms with Gasteiger partial charge in [0.05, 0.1) is 11.7 Å². The van der Waals surface area contributed by atoms with Crippen LogP contribution < -0.4 is 4.74 Å². The molecule has 140 valence electrons. The molecule has 1 spiro atoms. The Bertz CT molecular complexity index is 541. The second-order valence-electron chi connectivity index (χ2n) is 7.65. The van der Waals surface area contributed by atoms with Gasteiger partial charge < -0.3 is 19.5 Å². The van der Waals surface area contributed by atoms with E-state index in [0.29, 0.717) is 6.61 Å². The first-order valence-corrected chi connectivity index (χ1v) is 9.48. The monoisotopic (exact) mass is 348 g/mol. The predicted octanol–water partition coefficient (Wildman–Crippen LogP) is 2.13. The van der Waals surface area contributed by atoms with Crippen LogP contribution in [0.3, 0.4) is 0 Å². The summed E-state index contributed by atoms with van der Waals surface area (Å²) in [4.78, 5) is 4.57. The Balaban J connectivity index is 1.50. The van der Waals surface area contributed by atoms with Gasteiger partial charge in [0.25, 0.3) is 0 Å². The topological polar surface area (TPSA) is 45.2 Å². The third-order valence-corrected chi connectivity index (χ3v) is 5.43. The molecule has 2 heterocycles. The van der Waals surface area contributed by atoms with E-state index in [1.807, 2.05) is 6.07 Å². The van der Waals surface area contributed by atoms with Crippen LogP contribution in [0.4, 0.5) is 0 Å². The highest BCUT2D eigenvalue weighted by Crippen LogP contribution is 2.35. The quantitative estimate of drug-likeness (QED) is 0.853. The molecule has 0 amide bonds. The molecule has 1 N–H and O–H groups in total. The first kappa shape index (κ1) is 18.6. The van der Waals surface area contributed by atoms with E-state index in [4.69, 9.17) is 9.47 Å². The third kappa shape index (κ3) is 4.94. The fourth-order valence-corrected chi connectivity index (χ4v) is 3.82. The fourth-order valence-electron chi connectivity index (χ4n) is 3.82. The Morgan fingerprint density at radius 3 is 2.84 bits per heavy atom. The van der Waals surface area contributed by atoms with Crippen molar-refractivity contribution in [3.63, 3.8) is 0 Å². The minimum atomic E-state index is -0.295. The number of hydrogen-bond donors (Lipinski definition) is 1. The van der Waals surface area contributed by atoms with Crippen molar-refractivity contribution < 1.29 is 14.6 Å². The molecule has 2 saturated heterocycles. The molecular formula is C20H32N2O3. The summed E-state index contributed by atoms with van der Waals surface area (Å²) in [5.74, 6) is 0.943. The number of aliphatic hydroxyl groups is 1. The van der Waals surface area contributed by atoms with Crippen molar-refractivity contribution in [2.75, 3.05) is 46.9 Å². The second kappa shape index (κ2) is 8.49. The van der Waals surface area contributed by atoms with Crippen molar-refractivity contribution in [2.45, 2.75) is 43.9 Å². The van der Waals surface area contributed by atoms with E-state index in [2.05, 4.69) is 42.1 Å². The van der Waals surface area contributed by atoms with Gasteiger partial charge in [0.2, 0.25) is 0 Å². The van der Waals surface area contributed by atoms with Gasteiger partial charge in [0, 0.05) is 32.8 Å². The molecule has 1 atom stereocenters. The molecule has 0 unspecified atom stereocenters. The third-order valence-electron chi connectivity index (χ3n) is 5.43. The number of rotatable bonds is 6.